The van der Waals surface area contributed by atoms with Gasteiger partial charge < -0.3 is 5.11 Å². The molecule has 0 aliphatic carbocycles. The van der Waals surface area contributed by atoms with Crippen LogP contribution in [0.15, 0.2) is 40.8 Å². The van der Waals surface area contributed by atoms with Crippen molar-refractivity contribution < 1.29 is 14.3 Å². The van der Waals surface area contributed by atoms with E-state index < -0.39 is 5.82 Å². The number of Topliss-reactive ketones (excluding diaryl/α,β-unsaturated/α-hetero) is 1. The highest BCUT2D eigenvalue weighted by Gasteiger charge is 2.23. The van der Waals surface area contributed by atoms with Gasteiger partial charge in [-0.1, -0.05) is 0 Å². The highest BCUT2D eigenvalue weighted by molar-refractivity contribution is 7.99. The smallest absolute Gasteiger partial charge is 0.191 e. The number of hydrogen-bond acceptors (Lipinski definition) is 3. The molecule has 0 amide bonds. The summed E-state index contributed by atoms with van der Waals surface area (Å²) in [6.07, 6.45) is 1.82. The van der Waals surface area contributed by atoms with Gasteiger partial charge in [0.05, 0.1) is 0 Å². The first-order chi connectivity index (χ1) is 10.5. The van der Waals surface area contributed by atoms with E-state index in [0.717, 1.165) is 21.6 Å². The lowest BCUT2D eigenvalue weighted by atomic mass is 9.99. The Labute approximate surface area is 132 Å². The highest BCUT2D eigenvalue weighted by Crippen LogP contribution is 2.34. The summed E-state index contributed by atoms with van der Waals surface area (Å²) in [7, 11) is 0. The normalized spacial score (nSPS) is 16.0. The summed E-state index contributed by atoms with van der Waals surface area (Å²) in [6.45, 7) is 3.65. The first-order valence-electron chi connectivity index (χ1n) is 6.93. The highest BCUT2D eigenvalue weighted by atomic mass is 32.2. The van der Waals surface area contributed by atoms with Gasteiger partial charge in [-0.25, -0.2) is 4.39 Å². The van der Waals surface area contributed by atoms with E-state index in [0.29, 0.717) is 16.9 Å². The van der Waals surface area contributed by atoms with E-state index in [4.69, 9.17) is 0 Å². The molecule has 1 N–H and O–H groups in total. The fourth-order valence-corrected chi connectivity index (χ4v) is 3.58. The van der Waals surface area contributed by atoms with Gasteiger partial charge in [-0.15, -0.1) is 11.8 Å². The zero-order chi connectivity index (χ0) is 15.9. The second-order valence-corrected chi connectivity index (χ2v) is 6.45. The van der Waals surface area contributed by atoms with Crippen LogP contribution in [0.1, 0.15) is 27.0 Å². The minimum atomic E-state index is -0.398. The summed E-state index contributed by atoms with van der Waals surface area (Å²) in [5.74, 6) is 0.317. The third kappa shape index (κ3) is 2.66. The fraction of sp³-hybridized carbons (Fsp3) is 0.167. The van der Waals surface area contributed by atoms with Gasteiger partial charge in [-0.3, -0.25) is 4.79 Å². The molecule has 0 unspecified atom stereocenters. The van der Waals surface area contributed by atoms with Crippen LogP contribution in [0.2, 0.25) is 0 Å². The first-order valence-corrected chi connectivity index (χ1v) is 7.92. The van der Waals surface area contributed by atoms with Gasteiger partial charge in [0, 0.05) is 21.8 Å². The van der Waals surface area contributed by atoms with Gasteiger partial charge in [0.2, 0.25) is 0 Å². The molecule has 2 nitrogen and oxygen atoms in total. The molecule has 0 spiro atoms. The Morgan fingerprint density at radius 1 is 1.18 bits per heavy atom. The number of rotatable bonds is 1. The molecule has 3 rings (SSSR count). The van der Waals surface area contributed by atoms with Crippen molar-refractivity contribution in [2.75, 3.05) is 5.75 Å². The number of halogens is 1. The standard InChI is InChI=1S/C18H15FO2S/c1-10-5-12(6-11(2)17(10)20)7-13-9-22-16-4-3-14(19)8-15(16)18(13)21/h3-8,20H,9H2,1-2H3. The zero-order valence-electron chi connectivity index (χ0n) is 12.3. The quantitative estimate of drug-likeness (QED) is 0.786. The van der Waals surface area contributed by atoms with Crippen LogP contribution in [0.3, 0.4) is 0 Å². The van der Waals surface area contributed by atoms with Crippen LogP contribution in [-0.2, 0) is 0 Å². The SMILES string of the molecule is Cc1cc(C=C2CSc3ccc(F)cc3C2=O)cc(C)c1O. The molecular formula is C18H15FO2S. The number of ketones is 1. The van der Waals surface area contributed by atoms with Crippen LogP contribution < -0.4 is 0 Å². The summed E-state index contributed by atoms with van der Waals surface area (Å²) < 4.78 is 13.4. The predicted octanol–water partition coefficient (Wildman–Crippen LogP) is 4.52. The maximum atomic E-state index is 13.4. The summed E-state index contributed by atoms with van der Waals surface area (Å²) >= 11 is 1.53. The monoisotopic (exact) mass is 314 g/mol. The van der Waals surface area contributed by atoms with Crippen molar-refractivity contribution in [1.82, 2.24) is 0 Å². The molecular weight excluding hydrogens is 299 g/mol. The number of thioether (sulfide) groups is 1. The number of hydrogen-bond donors (Lipinski definition) is 1. The van der Waals surface area contributed by atoms with E-state index in [1.54, 1.807) is 6.07 Å². The zero-order valence-corrected chi connectivity index (χ0v) is 13.1. The van der Waals surface area contributed by atoms with Crippen molar-refractivity contribution in [3.63, 3.8) is 0 Å². The van der Waals surface area contributed by atoms with E-state index in [1.807, 2.05) is 32.1 Å². The molecule has 22 heavy (non-hydrogen) atoms. The van der Waals surface area contributed by atoms with Crippen molar-refractivity contribution in [1.29, 1.82) is 0 Å². The number of aromatic hydroxyl groups is 1. The van der Waals surface area contributed by atoms with Crippen LogP contribution in [0.4, 0.5) is 4.39 Å². The summed E-state index contributed by atoms with van der Waals surface area (Å²) in [6, 6.07) is 8.01. The van der Waals surface area contributed by atoms with Gasteiger partial charge in [0.25, 0.3) is 0 Å². The molecule has 1 aliphatic rings. The van der Waals surface area contributed by atoms with Crippen LogP contribution >= 0.6 is 11.8 Å². The van der Waals surface area contributed by atoms with Gasteiger partial charge in [0.15, 0.2) is 5.78 Å². The van der Waals surface area contributed by atoms with Gasteiger partial charge >= 0.3 is 0 Å². The second-order valence-electron chi connectivity index (χ2n) is 5.43. The Morgan fingerprint density at radius 2 is 1.86 bits per heavy atom. The molecule has 2 aromatic carbocycles. The second kappa shape index (κ2) is 5.61. The fourth-order valence-electron chi connectivity index (χ4n) is 2.58. The number of phenolic OH excluding ortho intramolecular Hbond substituents is 1. The van der Waals surface area contributed by atoms with Gasteiger partial charge in [0.1, 0.15) is 11.6 Å². The van der Waals surface area contributed by atoms with Gasteiger partial charge in [-0.05, 0) is 66.9 Å². The maximum absolute atomic E-state index is 13.4. The third-order valence-corrected chi connectivity index (χ3v) is 4.84. The topological polar surface area (TPSA) is 37.3 Å². The third-order valence-electron chi connectivity index (χ3n) is 3.72. The number of fused-ring (bicyclic) bond motifs is 1. The molecule has 0 aromatic heterocycles. The van der Waals surface area contributed by atoms with Crippen molar-refractivity contribution >= 4 is 23.6 Å². The minimum absolute atomic E-state index is 0.128. The van der Waals surface area contributed by atoms with Crippen molar-refractivity contribution in [2.24, 2.45) is 0 Å². The Kier molecular flexibility index (Phi) is 3.79. The molecule has 2 aromatic rings. The molecule has 112 valence electrons. The lowest BCUT2D eigenvalue weighted by Gasteiger charge is -2.17. The number of phenols is 1. The van der Waals surface area contributed by atoms with Crippen LogP contribution in [0, 0.1) is 19.7 Å². The molecule has 0 fully saturated rings. The van der Waals surface area contributed by atoms with Crippen molar-refractivity contribution in [3.05, 3.63) is 64.0 Å². The average Bonchev–Trinajstić information content (AvgIpc) is 2.48. The van der Waals surface area contributed by atoms with E-state index in [1.165, 1.54) is 23.9 Å². The Balaban J connectivity index is 2.01. The largest absolute Gasteiger partial charge is 0.507 e. The van der Waals surface area contributed by atoms with Crippen LogP contribution in [-0.4, -0.2) is 16.6 Å². The van der Waals surface area contributed by atoms with Crippen molar-refractivity contribution in [3.8, 4) is 5.75 Å². The molecule has 1 aliphatic heterocycles. The Bertz CT molecular complexity index is 786. The number of carbonyl (C=O) groups is 1. The van der Waals surface area contributed by atoms with Crippen LogP contribution in [0.25, 0.3) is 6.08 Å². The van der Waals surface area contributed by atoms with E-state index >= 15 is 0 Å². The van der Waals surface area contributed by atoms with E-state index in [9.17, 15) is 14.3 Å². The molecule has 0 bridgehead atoms. The summed E-state index contributed by atoms with van der Waals surface area (Å²) in [4.78, 5) is 13.3. The lowest BCUT2D eigenvalue weighted by Crippen LogP contribution is -2.12. The number of aryl methyl sites for hydroxylation is 2. The van der Waals surface area contributed by atoms with E-state index in [2.05, 4.69) is 0 Å². The molecule has 0 saturated heterocycles. The Hall–Kier alpha value is -2.07. The van der Waals surface area contributed by atoms with E-state index in [-0.39, 0.29) is 11.5 Å². The predicted molar refractivity (Wildman–Crippen MR) is 87.0 cm³/mol. The molecule has 0 radical (unpaired) electrons. The lowest BCUT2D eigenvalue weighted by molar-refractivity contribution is 0.103. The maximum Gasteiger partial charge on any atom is 0.191 e. The van der Waals surface area contributed by atoms with Crippen molar-refractivity contribution in [2.45, 2.75) is 18.7 Å². The molecule has 1 heterocycles. The number of carbonyl (C=O) groups excluding carboxylic acids is 1. The van der Waals surface area contributed by atoms with Crippen LogP contribution in [0.5, 0.6) is 5.75 Å². The average molecular weight is 314 g/mol. The molecule has 0 saturated carbocycles. The van der Waals surface area contributed by atoms with Gasteiger partial charge in [-0.2, -0.15) is 0 Å². The summed E-state index contributed by atoms with van der Waals surface area (Å²) in [5, 5.41) is 9.82. The summed E-state index contributed by atoms with van der Waals surface area (Å²) in [5.41, 5.74) is 3.49. The molecule has 4 heteroatoms. The number of benzene rings is 2. The first kappa shape index (κ1) is 14.9. The molecule has 0 atom stereocenters. The minimum Gasteiger partial charge on any atom is -0.507 e. The Morgan fingerprint density at radius 3 is 2.55 bits per heavy atom.